The standard InChI is InChI=1S/C12H15N3O3/c1-3-18-12(17)11(16)10(14-15-13)9-6-4-8(2)5-7-9/h4-7,10-11,16H,3H2,1-2H3/t10-,11+/m0/s1. The maximum absolute atomic E-state index is 11.4. The van der Waals surface area contributed by atoms with Crippen molar-refractivity contribution in [3.05, 3.63) is 45.8 Å². The van der Waals surface area contributed by atoms with E-state index in [9.17, 15) is 9.90 Å². The van der Waals surface area contributed by atoms with Gasteiger partial charge in [0.15, 0.2) is 6.10 Å². The molecule has 0 amide bonds. The maximum Gasteiger partial charge on any atom is 0.335 e. The molecule has 1 rings (SSSR count). The van der Waals surface area contributed by atoms with E-state index in [1.165, 1.54) is 0 Å². The van der Waals surface area contributed by atoms with E-state index < -0.39 is 18.1 Å². The molecule has 2 atom stereocenters. The molecule has 6 nitrogen and oxygen atoms in total. The number of carbonyl (C=O) groups is 1. The van der Waals surface area contributed by atoms with Gasteiger partial charge in [-0.05, 0) is 24.9 Å². The summed E-state index contributed by atoms with van der Waals surface area (Å²) in [6.07, 6.45) is -1.50. The fourth-order valence-electron chi connectivity index (χ4n) is 1.49. The Morgan fingerprint density at radius 2 is 2.11 bits per heavy atom. The van der Waals surface area contributed by atoms with Gasteiger partial charge in [0.2, 0.25) is 0 Å². The number of aliphatic hydroxyl groups excluding tert-OH is 1. The molecule has 0 spiro atoms. The Labute approximate surface area is 105 Å². The molecule has 0 aliphatic rings. The lowest BCUT2D eigenvalue weighted by atomic mass is 10.0. The Bertz CT molecular complexity index is 452. The molecule has 0 aliphatic carbocycles. The molecular formula is C12H15N3O3. The lowest BCUT2D eigenvalue weighted by molar-refractivity contribution is -0.154. The number of esters is 1. The van der Waals surface area contributed by atoms with E-state index in [0.29, 0.717) is 5.56 Å². The van der Waals surface area contributed by atoms with Crippen LogP contribution in [-0.4, -0.2) is 23.8 Å². The molecule has 0 heterocycles. The number of hydrogen-bond acceptors (Lipinski definition) is 4. The molecule has 18 heavy (non-hydrogen) atoms. The van der Waals surface area contributed by atoms with Crippen molar-refractivity contribution in [2.24, 2.45) is 5.11 Å². The van der Waals surface area contributed by atoms with Crippen LogP contribution in [0.1, 0.15) is 24.1 Å². The first-order valence-corrected chi connectivity index (χ1v) is 5.55. The van der Waals surface area contributed by atoms with Crippen molar-refractivity contribution in [2.45, 2.75) is 26.0 Å². The molecule has 6 heteroatoms. The van der Waals surface area contributed by atoms with E-state index in [4.69, 9.17) is 10.3 Å². The number of aliphatic hydroxyl groups is 1. The molecule has 0 bridgehead atoms. The van der Waals surface area contributed by atoms with Gasteiger partial charge >= 0.3 is 5.97 Å². The second kappa shape index (κ2) is 6.64. The van der Waals surface area contributed by atoms with Crippen molar-refractivity contribution in [3.8, 4) is 0 Å². The van der Waals surface area contributed by atoms with Gasteiger partial charge < -0.3 is 9.84 Å². The van der Waals surface area contributed by atoms with Crippen LogP contribution in [0.2, 0.25) is 0 Å². The van der Waals surface area contributed by atoms with E-state index in [2.05, 4.69) is 10.0 Å². The zero-order valence-electron chi connectivity index (χ0n) is 10.3. The Kier molecular flexibility index (Phi) is 5.17. The summed E-state index contributed by atoms with van der Waals surface area (Å²) in [5.74, 6) is -0.796. The van der Waals surface area contributed by atoms with Gasteiger partial charge in [0.05, 0.1) is 12.6 Å². The van der Waals surface area contributed by atoms with E-state index in [-0.39, 0.29) is 6.61 Å². The van der Waals surface area contributed by atoms with Crippen LogP contribution >= 0.6 is 0 Å². The number of ether oxygens (including phenoxy) is 1. The number of carbonyl (C=O) groups excluding carboxylic acids is 1. The highest BCUT2D eigenvalue weighted by atomic mass is 16.5. The first-order valence-electron chi connectivity index (χ1n) is 5.55. The number of hydrogen-bond donors (Lipinski definition) is 1. The molecule has 0 saturated heterocycles. The van der Waals surface area contributed by atoms with Crippen LogP contribution in [0.25, 0.3) is 10.4 Å². The number of benzene rings is 1. The summed E-state index contributed by atoms with van der Waals surface area (Å²) in [6, 6.07) is 6.06. The van der Waals surface area contributed by atoms with Crippen molar-refractivity contribution in [1.82, 2.24) is 0 Å². The Hall–Kier alpha value is -2.04. The Balaban J connectivity index is 2.98. The van der Waals surface area contributed by atoms with Crippen molar-refractivity contribution < 1.29 is 14.6 Å². The van der Waals surface area contributed by atoms with Gasteiger partial charge in [0.25, 0.3) is 0 Å². The van der Waals surface area contributed by atoms with Gasteiger partial charge in [-0.25, -0.2) is 4.79 Å². The monoisotopic (exact) mass is 249 g/mol. The van der Waals surface area contributed by atoms with Crippen LogP contribution in [0.3, 0.4) is 0 Å². The maximum atomic E-state index is 11.4. The number of aryl methyl sites for hydroxylation is 1. The second-order valence-electron chi connectivity index (χ2n) is 3.76. The molecule has 0 radical (unpaired) electrons. The topological polar surface area (TPSA) is 95.3 Å². The number of nitrogens with zero attached hydrogens (tertiary/aromatic N) is 3. The van der Waals surface area contributed by atoms with Crippen LogP contribution in [0.5, 0.6) is 0 Å². The fraction of sp³-hybridized carbons (Fsp3) is 0.417. The van der Waals surface area contributed by atoms with E-state index in [0.717, 1.165) is 5.56 Å². The van der Waals surface area contributed by atoms with Gasteiger partial charge in [-0.3, -0.25) is 0 Å². The molecule has 1 N–H and O–H groups in total. The predicted molar refractivity (Wildman–Crippen MR) is 65.7 cm³/mol. The van der Waals surface area contributed by atoms with Crippen LogP contribution in [-0.2, 0) is 9.53 Å². The average molecular weight is 249 g/mol. The second-order valence-corrected chi connectivity index (χ2v) is 3.76. The third kappa shape index (κ3) is 3.48. The lowest BCUT2D eigenvalue weighted by Gasteiger charge is -2.17. The predicted octanol–water partition coefficient (Wildman–Crippen LogP) is 2.27. The quantitative estimate of drug-likeness (QED) is 0.375. The zero-order valence-corrected chi connectivity index (χ0v) is 10.3. The van der Waals surface area contributed by atoms with E-state index >= 15 is 0 Å². The van der Waals surface area contributed by atoms with Crippen LogP contribution in [0, 0.1) is 6.92 Å². The SMILES string of the molecule is CCOC(=O)[C@H](O)[C@@H](N=[N+]=[N-])c1ccc(C)cc1. The lowest BCUT2D eigenvalue weighted by Crippen LogP contribution is -2.28. The molecule has 0 saturated carbocycles. The molecule has 0 aromatic heterocycles. The van der Waals surface area contributed by atoms with Crippen molar-refractivity contribution in [2.75, 3.05) is 6.61 Å². The third-order valence-electron chi connectivity index (χ3n) is 2.42. The smallest absolute Gasteiger partial charge is 0.335 e. The normalized spacial score (nSPS) is 13.3. The minimum Gasteiger partial charge on any atom is -0.464 e. The van der Waals surface area contributed by atoms with E-state index in [1.807, 2.05) is 19.1 Å². The highest BCUT2D eigenvalue weighted by Crippen LogP contribution is 2.23. The van der Waals surface area contributed by atoms with Crippen molar-refractivity contribution >= 4 is 5.97 Å². The molecule has 0 unspecified atom stereocenters. The van der Waals surface area contributed by atoms with Gasteiger partial charge in [-0.2, -0.15) is 0 Å². The largest absolute Gasteiger partial charge is 0.464 e. The summed E-state index contributed by atoms with van der Waals surface area (Å²) in [7, 11) is 0. The summed E-state index contributed by atoms with van der Waals surface area (Å²) < 4.78 is 4.70. The molecular weight excluding hydrogens is 234 g/mol. The van der Waals surface area contributed by atoms with Gasteiger partial charge in [0, 0.05) is 4.91 Å². The Morgan fingerprint density at radius 3 is 2.61 bits per heavy atom. The Morgan fingerprint density at radius 1 is 1.50 bits per heavy atom. The zero-order chi connectivity index (χ0) is 13.5. The summed E-state index contributed by atoms with van der Waals surface area (Å²) in [5, 5.41) is 13.3. The van der Waals surface area contributed by atoms with Crippen molar-refractivity contribution in [3.63, 3.8) is 0 Å². The third-order valence-corrected chi connectivity index (χ3v) is 2.42. The van der Waals surface area contributed by atoms with Gasteiger partial charge in [0.1, 0.15) is 0 Å². The van der Waals surface area contributed by atoms with Crippen LogP contribution in [0.4, 0.5) is 0 Å². The van der Waals surface area contributed by atoms with Gasteiger partial charge in [-0.1, -0.05) is 34.9 Å². The summed E-state index contributed by atoms with van der Waals surface area (Å²) in [4.78, 5) is 14.1. The summed E-state index contributed by atoms with van der Waals surface area (Å²) in [6.45, 7) is 3.71. The van der Waals surface area contributed by atoms with Gasteiger partial charge in [-0.15, -0.1) is 0 Å². The highest BCUT2D eigenvalue weighted by molar-refractivity contribution is 5.75. The highest BCUT2D eigenvalue weighted by Gasteiger charge is 2.27. The minimum atomic E-state index is -1.50. The molecule has 96 valence electrons. The number of rotatable bonds is 5. The van der Waals surface area contributed by atoms with E-state index in [1.54, 1.807) is 19.1 Å². The van der Waals surface area contributed by atoms with Crippen LogP contribution < -0.4 is 0 Å². The summed E-state index contributed by atoms with van der Waals surface area (Å²) in [5.41, 5.74) is 10.1. The molecule has 1 aromatic carbocycles. The van der Waals surface area contributed by atoms with Crippen molar-refractivity contribution in [1.29, 1.82) is 0 Å². The minimum absolute atomic E-state index is 0.160. The first kappa shape index (κ1) is 14.0. The molecule has 0 fully saturated rings. The number of azide groups is 1. The summed E-state index contributed by atoms with van der Waals surface area (Å²) >= 11 is 0. The molecule has 0 aliphatic heterocycles. The average Bonchev–Trinajstić information content (AvgIpc) is 2.37. The first-order chi connectivity index (χ1) is 8.60. The fourth-order valence-corrected chi connectivity index (χ4v) is 1.49. The van der Waals surface area contributed by atoms with Crippen LogP contribution in [0.15, 0.2) is 29.4 Å². The molecule has 1 aromatic rings.